The monoisotopic (exact) mass is 659 g/mol. The van der Waals surface area contributed by atoms with Gasteiger partial charge in [0.05, 0.1) is 13.2 Å². The van der Waals surface area contributed by atoms with E-state index in [0.29, 0.717) is 6.42 Å². The molecule has 0 aliphatic heterocycles. The SMILES string of the molecule is CCCCC/C=C\C/C=C\CCCCCCCCCCCC(=O)OC(COC(=O)CCCCCCC)COP(=O)(O)OCCN. The van der Waals surface area contributed by atoms with Gasteiger partial charge >= 0.3 is 19.8 Å². The molecule has 0 aromatic carbocycles. The van der Waals surface area contributed by atoms with Gasteiger partial charge in [-0.3, -0.25) is 18.6 Å². The van der Waals surface area contributed by atoms with Gasteiger partial charge in [0.2, 0.25) is 0 Å². The Hall–Kier alpha value is -1.51. The van der Waals surface area contributed by atoms with Gasteiger partial charge in [0.1, 0.15) is 6.61 Å². The minimum atomic E-state index is -4.36. The summed E-state index contributed by atoms with van der Waals surface area (Å²) < 4.78 is 32.4. The number of nitrogens with two attached hydrogens (primary N) is 1. The number of carbonyl (C=O) groups excluding carboxylic acids is 2. The summed E-state index contributed by atoms with van der Waals surface area (Å²) in [5.74, 6) is -0.848. The first-order valence-electron chi connectivity index (χ1n) is 17.8. The number of ether oxygens (including phenoxy) is 2. The minimum Gasteiger partial charge on any atom is -0.462 e. The number of carbonyl (C=O) groups is 2. The number of rotatable bonds is 33. The molecular weight excluding hydrogens is 593 g/mol. The largest absolute Gasteiger partial charge is 0.472 e. The molecular formula is C35H66NO8P. The molecule has 0 aliphatic carbocycles. The summed E-state index contributed by atoms with van der Waals surface area (Å²) in [4.78, 5) is 34.3. The Kier molecular flexibility index (Phi) is 31.3. The zero-order chi connectivity index (χ0) is 33.3. The fourth-order valence-corrected chi connectivity index (χ4v) is 5.43. The predicted molar refractivity (Wildman–Crippen MR) is 183 cm³/mol. The maximum atomic E-state index is 12.4. The molecule has 0 fully saturated rings. The van der Waals surface area contributed by atoms with E-state index < -0.39 is 32.5 Å². The first-order valence-corrected chi connectivity index (χ1v) is 19.3. The van der Waals surface area contributed by atoms with E-state index in [9.17, 15) is 19.0 Å². The molecule has 264 valence electrons. The van der Waals surface area contributed by atoms with Gasteiger partial charge in [-0.05, 0) is 44.9 Å². The van der Waals surface area contributed by atoms with Crippen LogP contribution in [0.3, 0.4) is 0 Å². The third-order valence-electron chi connectivity index (χ3n) is 7.34. The highest BCUT2D eigenvalue weighted by molar-refractivity contribution is 7.47. The maximum absolute atomic E-state index is 12.4. The van der Waals surface area contributed by atoms with Crippen LogP contribution in [0.1, 0.15) is 155 Å². The van der Waals surface area contributed by atoms with Crippen LogP contribution in [0.25, 0.3) is 0 Å². The summed E-state index contributed by atoms with van der Waals surface area (Å²) in [7, 11) is -4.36. The Balaban J connectivity index is 4.09. The van der Waals surface area contributed by atoms with Crippen molar-refractivity contribution in [1.82, 2.24) is 0 Å². The molecule has 0 aliphatic rings. The highest BCUT2D eigenvalue weighted by Crippen LogP contribution is 2.43. The van der Waals surface area contributed by atoms with Gasteiger partial charge in [-0.15, -0.1) is 0 Å². The second kappa shape index (κ2) is 32.4. The highest BCUT2D eigenvalue weighted by Gasteiger charge is 2.25. The number of phosphoric ester groups is 1. The Morgan fingerprint density at radius 1 is 0.667 bits per heavy atom. The van der Waals surface area contributed by atoms with Crippen LogP contribution in [-0.2, 0) is 32.7 Å². The van der Waals surface area contributed by atoms with Crippen molar-refractivity contribution in [3.05, 3.63) is 24.3 Å². The van der Waals surface area contributed by atoms with Crippen molar-refractivity contribution in [2.45, 2.75) is 161 Å². The minimum absolute atomic E-state index is 0.0533. The topological polar surface area (TPSA) is 134 Å². The van der Waals surface area contributed by atoms with Gasteiger partial charge in [-0.25, -0.2) is 4.57 Å². The van der Waals surface area contributed by atoms with Crippen molar-refractivity contribution in [1.29, 1.82) is 0 Å². The van der Waals surface area contributed by atoms with Crippen molar-refractivity contribution in [2.75, 3.05) is 26.4 Å². The number of unbranched alkanes of at least 4 members (excludes halogenated alkanes) is 16. The Labute approximate surface area is 274 Å². The molecule has 0 aromatic rings. The standard InChI is InChI=1S/C35H66NO8P/c1-3-5-7-9-10-11-12-13-14-15-16-17-18-19-20-21-22-24-26-28-35(38)44-33(32-43-45(39,40)42-30-29-36)31-41-34(37)27-25-23-8-6-4-2/h10-11,13-14,33H,3-9,12,15-32,36H2,1-2H3,(H,39,40)/b11-10-,14-13-. The lowest BCUT2D eigenvalue weighted by Gasteiger charge is -2.19. The number of phosphoric acid groups is 1. The summed E-state index contributed by atoms with van der Waals surface area (Å²) in [6.07, 6.45) is 31.1. The number of hydrogen-bond acceptors (Lipinski definition) is 8. The average Bonchev–Trinajstić information content (AvgIpc) is 3.02. The van der Waals surface area contributed by atoms with E-state index in [1.807, 2.05) is 0 Å². The van der Waals surface area contributed by atoms with Crippen LogP contribution in [0.2, 0.25) is 0 Å². The van der Waals surface area contributed by atoms with Crippen LogP contribution < -0.4 is 5.73 Å². The molecule has 10 heteroatoms. The molecule has 2 unspecified atom stereocenters. The zero-order valence-electron chi connectivity index (χ0n) is 28.6. The molecule has 3 N–H and O–H groups in total. The fraction of sp³-hybridized carbons (Fsp3) is 0.829. The van der Waals surface area contributed by atoms with Crippen molar-refractivity contribution in [2.24, 2.45) is 5.73 Å². The maximum Gasteiger partial charge on any atom is 0.472 e. The van der Waals surface area contributed by atoms with E-state index in [0.717, 1.165) is 64.2 Å². The van der Waals surface area contributed by atoms with Crippen molar-refractivity contribution in [3.63, 3.8) is 0 Å². The fourth-order valence-electron chi connectivity index (χ4n) is 4.66. The van der Waals surface area contributed by atoms with Gasteiger partial charge in [-0.2, -0.15) is 0 Å². The van der Waals surface area contributed by atoms with Crippen molar-refractivity contribution >= 4 is 19.8 Å². The second-order valence-electron chi connectivity index (χ2n) is 11.7. The van der Waals surface area contributed by atoms with Crippen LogP contribution in [-0.4, -0.2) is 49.3 Å². The van der Waals surface area contributed by atoms with Crippen molar-refractivity contribution in [3.8, 4) is 0 Å². The average molecular weight is 660 g/mol. The van der Waals surface area contributed by atoms with Crippen molar-refractivity contribution < 1.29 is 37.6 Å². The lowest BCUT2D eigenvalue weighted by atomic mass is 10.1. The summed E-state index contributed by atoms with van der Waals surface area (Å²) >= 11 is 0. The van der Waals surface area contributed by atoms with Gasteiger partial charge < -0.3 is 20.1 Å². The molecule has 0 saturated heterocycles. The van der Waals surface area contributed by atoms with E-state index in [2.05, 4.69) is 38.2 Å². The number of allylic oxidation sites excluding steroid dienone is 4. The Morgan fingerprint density at radius 2 is 1.16 bits per heavy atom. The lowest BCUT2D eigenvalue weighted by molar-refractivity contribution is -0.161. The molecule has 0 rings (SSSR count). The summed E-state index contributed by atoms with van der Waals surface area (Å²) in [5, 5.41) is 0. The van der Waals surface area contributed by atoms with E-state index in [4.69, 9.17) is 24.3 Å². The summed E-state index contributed by atoms with van der Waals surface area (Å²) in [6, 6.07) is 0. The molecule has 0 radical (unpaired) electrons. The highest BCUT2D eigenvalue weighted by atomic mass is 31.2. The Bertz CT molecular complexity index is 805. The van der Waals surface area contributed by atoms with Gasteiger partial charge in [-0.1, -0.05) is 122 Å². The van der Waals surface area contributed by atoms with Crippen LogP contribution in [0.5, 0.6) is 0 Å². The van der Waals surface area contributed by atoms with Gasteiger partial charge in [0, 0.05) is 19.4 Å². The smallest absolute Gasteiger partial charge is 0.462 e. The van der Waals surface area contributed by atoms with Crippen LogP contribution in [0.4, 0.5) is 0 Å². The molecule has 0 heterocycles. The zero-order valence-corrected chi connectivity index (χ0v) is 29.5. The third-order valence-corrected chi connectivity index (χ3v) is 8.32. The van der Waals surface area contributed by atoms with Gasteiger partial charge in [0.15, 0.2) is 6.10 Å². The third kappa shape index (κ3) is 32.2. The quantitative estimate of drug-likeness (QED) is 0.0306. The number of esters is 2. The predicted octanol–water partition coefficient (Wildman–Crippen LogP) is 9.27. The molecule has 0 saturated carbocycles. The normalized spacial score (nSPS) is 13.8. The molecule has 0 aromatic heterocycles. The second-order valence-corrected chi connectivity index (χ2v) is 13.2. The lowest BCUT2D eigenvalue weighted by Crippen LogP contribution is -2.29. The van der Waals surface area contributed by atoms with E-state index in [1.54, 1.807) is 0 Å². The first kappa shape index (κ1) is 43.5. The Morgan fingerprint density at radius 3 is 1.73 bits per heavy atom. The number of hydrogen-bond donors (Lipinski definition) is 2. The van der Waals surface area contributed by atoms with E-state index in [1.165, 1.54) is 57.8 Å². The van der Waals surface area contributed by atoms with E-state index in [-0.39, 0.29) is 32.6 Å². The molecule has 0 bridgehead atoms. The van der Waals surface area contributed by atoms with E-state index >= 15 is 0 Å². The molecule has 2 atom stereocenters. The summed E-state index contributed by atoms with van der Waals surface area (Å²) in [5.41, 5.74) is 5.30. The van der Waals surface area contributed by atoms with Crippen LogP contribution in [0.15, 0.2) is 24.3 Å². The molecule has 45 heavy (non-hydrogen) atoms. The van der Waals surface area contributed by atoms with Gasteiger partial charge in [0.25, 0.3) is 0 Å². The molecule has 0 spiro atoms. The molecule has 9 nitrogen and oxygen atoms in total. The van der Waals surface area contributed by atoms with Crippen LogP contribution >= 0.6 is 7.82 Å². The molecule has 0 amide bonds. The summed E-state index contributed by atoms with van der Waals surface area (Å²) in [6.45, 7) is 3.59. The first-order chi connectivity index (χ1) is 21.8. The van der Waals surface area contributed by atoms with Crippen LogP contribution in [0, 0.1) is 0 Å².